The Morgan fingerprint density at radius 2 is 2.03 bits per heavy atom. The highest BCUT2D eigenvalue weighted by Crippen LogP contribution is 2.39. The van der Waals surface area contributed by atoms with Crippen LogP contribution in [0, 0.1) is 5.41 Å². The minimum Gasteiger partial charge on any atom is -0.384 e. The number of nitrogens with zero attached hydrogens (tertiary/aromatic N) is 2. The van der Waals surface area contributed by atoms with E-state index in [9.17, 15) is 0 Å². The van der Waals surface area contributed by atoms with Crippen LogP contribution in [0.4, 0.5) is 5.82 Å². The van der Waals surface area contributed by atoms with Crippen LogP contribution in [0.25, 0.3) is 22.6 Å². The first-order chi connectivity index (χ1) is 15.9. The van der Waals surface area contributed by atoms with Crippen LogP contribution in [0.2, 0.25) is 5.15 Å². The summed E-state index contributed by atoms with van der Waals surface area (Å²) in [6, 6.07) is 6.35. The molecule has 3 heterocycles. The Labute approximate surface area is 197 Å². The lowest BCUT2D eigenvalue weighted by Gasteiger charge is -2.16. The molecule has 7 heteroatoms. The van der Waals surface area contributed by atoms with Gasteiger partial charge >= 0.3 is 0 Å². The number of amidine groups is 1. The average Bonchev–Trinajstić information content (AvgIpc) is 3.36. The van der Waals surface area contributed by atoms with Gasteiger partial charge in [-0.1, -0.05) is 30.8 Å². The SMILES string of the molecule is C=Cc1c(C2=CC=CNC2=C)c2cc3c(cc2n1Cc1cc(C(=N)N)c(N)nc1Cl)CCC3. The molecule has 1 aliphatic carbocycles. The molecule has 3 aromatic rings. The quantitative estimate of drug-likeness (QED) is 0.252. The number of aromatic nitrogens is 2. The smallest absolute Gasteiger partial charge is 0.136 e. The number of rotatable bonds is 5. The average molecular weight is 457 g/mol. The van der Waals surface area contributed by atoms with Gasteiger partial charge in [-0.3, -0.25) is 5.41 Å². The predicted octanol–water partition coefficient (Wildman–Crippen LogP) is 4.75. The number of fused-ring (bicyclic) bond motifs is 2. The zero-order chi connectivity index (χ0) is 23.3. The first-order valence-corrected chi connectivity index (χ1v) is 11.2. The number of nitrogens with one attached hydrogen (secondary N) is 2. The monoisotopic (exact) mass is 456 g/mol. The van der Waals surface area contributed by atoms with Crippen molar-refractivity contribution in [3.8, 4) is 0 Å². The Bertz CT molecular complexity index is 1420. The molecule has 0 saturated heterocycles. The highest BCUT2D eigenvalue weighted by molar-refractivity contribution is 6.30. The number of hydrogen-bond donors (Lipinski definition) is 4. The number of nitrogens with two attached hydrogens (primary N) is 2. The summed E-state index contributed by atoms with van der Waals surface area (Å²) in [6.45, 7) is 8.79. The van der Waals surface area contributed by atoms with Gasteiger partial charge in [-0.05, 0) is 60.7 Å². The molecule has 166 valence electrons. The third-order valence-corrected chi connectivity index (χ3v) is 6.75. The lowest BCUT2D eigenvalue weighted by molar-refractivity contribution is 0.821. The number of benzene rings is 1. The number of anilines is 1. The number of pyridine rings is 1. The van der Waals surface area contributed by atoms with E-state index in [1.54, 1.807) is 6.07 Å². The second-order valence-corrected chi connectivity index (χ2v) is 8.75. The van der Waals surface area contributed by atoms with Gasteiger partial charge in [0.2, 0.25) is 0 Å². The van der Waals surface area contributed by atoms with Crippen molar-refractivity contribution >= 4 is 45.8 Å². The van der Waals surface area contributed by atoms with Crippen LogP contribution in [-0.4, -0.2) is 15.4 Å². The molecule has 6 N–H and O–H groups in total. The third kappa shape index (κ3) is 3.43. The lowest BCUT2D eigenvalue weighted by Crippen LogP contribution is -2.16. The minimum absolute atomic E-state index is 0.140. The van der Waals surface area contributed by atoms with Crippen LogP contribution in [0.3, 0.4) is 0 Å². The largest absolute Gasteiger partial charge is 0.384 e. The molecule has 6 nitrogen and oxygen atoms in total. The van der Waals surface area contributed by atoms with E-state index in [4.69, 9.17) is 28.5 Å². The summed E-state index contributed by atoms with van der Waals surface area (Å²) >= 11 is 6.49. The van der Waals surface area contributed by atoms with E-state index >= 15 is 0 Å². The zero-order valence-corrected chi connectivity index (χ0v) is 19.0. The Kier molecular flexibility index (Phi) is 5.10. The summed E-state index contributed by atoms with van der Waals surface area (Å²) in [5.74, 6) is 0.0110. The van der Waals surface area contributed by atoms with Crippen molar-refractivity contribution in [1.29, 1.82) is 5.41 Å². The van der Waals surface area contributed by atoms with E-state index in [2.05, 4.69) is 46.2 Å². The molecule has 1 aliphatic heterocycles. The Morgan fingerprint density at radius 3 is 2.73 bits per heavy atom. The van der Waals surface area contributed by atoms with E-state index in [1.807, 2.05) is 18.4 Å². The minimum atomic E-state index is -0.140. The summed E-state index contributed by atoms with van der Waals surface area (Å²) in [6.07, 6.45) is 11.1. The fraction of sp³-hybridized carbons (Fsp3) is 0.154. The van der Waals surface area contributed by atoms with Crippen LogP contribution in [0.5, 0.6) is 0 Å². The van der Waals surface area contributed by atoms with Gasteiger partial charge in [-0.2, -0.15) is 0 Å². The van der Waals surface area contributed by atoms with Crippen molar-refractivity contribution in [2.45, 2.75) is 25.8 Å². The Hall–Kier alpha value is -3.77. The molecule has 0 unspecified atom stereocenters. The fourth-order valence-electron chi connectivity index (χ4n) is 4.85. The van der Waals surface area contributed by atoms with Crippen molar-refractivity contribution < 1.29 is 0 Å². The molecule has 0 fully saturated rings. The van der Waals surface area contributed by atoms with Gasteiger partial charge in [0.25, 0.3) is 0 Å². The van der Waals surface area contributed by atoms with Gasteiger partial charge in [0.05, 0.1) is 12.1 Å². The van der Waals surface area contributed by atoms with E-state index in [1.165, 1.54) is 17.5 Å². The zero-order valence-electron chi connectivity index (χ0n) is 18.2. The fourth-order valence-corrected chi connectivity index (χ4v) is 5.06. The van der Waals surface area contributed by atoms with E-state index in [0.29, 0.717) is 17.3 Å². The topological polar surface area (TPSA) is 106 Å². The van der Waals surface area contributed by atoms with E-state index < -0.39 is 0 Å². The number of hydrogen-bond acceptors (Lipinski definition) is 4. The molecule has 0 bridgehead atoms. The molecule has 0 atom stereocenters. The summed E-state index contributed by atoms with van der Waals surface area (Å²) in [4.78, 5) is 4.23. The van der Waals surface area contributed by atoms with Crippen molar-refractivity contribution in [1.82, 2.24) is 14.9 Å². The summed E-state index contributed by atoms with van der Waals surface area (Å²) < 4.78 is 2.20. The molecule has 0 saturated carbocycles. The molecule has 0 spiro atoms. The van der Waals surface area contributed by atoms with Crippen LogP contribution < -0.4 is 16.8 Å². The normalized spacial score (nSPS) is 14.8. The van der Waals surface area contributed by atoms with E-state index in [0.717, 1.165) is 51.8 Å². The summed E-state index contributed by atoms with van der Waals surface area (Å²) in [7, 11) is 0. The van der Waals surface area contributed by atoms with Crippen LogP contribution >= 0.6 is 11.6 Å². The Balaban J connectivity index is 1.78. The predicted molar refractivity (Wildman–Crippen MR) is 137 cm³/mol. The number of nitrogen functional groups attached to an aromatic ring is 2. The van der Waals surface area contributed by atoms with Crippen molar-refractivity contribution in [2.75, 3.05) is 5.73 Å². The highest BCUT2D eigenvalue weighted by Gasteiger charge is 2.24. The molecule has 1 aromatic carbocycles. The maximum atomic E-state index is 7.84. The van der Waals surface area contributed by atoms with Gasteiger partial charge in [0.15, 0.2) is 0 Å². The van der Waals surface area contributed by atoms with Gasteiger partial charge in [0.1, 0.15) is 16.8 Å². The second-order valence-electron chi connectivity index (χ2n) is 8.39. The number of dihydropyridines is 1. The Morgan fingerprint density at radius 1 is 1.27 bits per heavy atom. The number of allylic oxidation sites excluding steroid dienone is 3. The van der Waals surface area contributed by atoms with Gasteiger partial charge in [-0.25, -0.2) is 4.98 Å². The first-order valence-electron chi connectivity index (χ1n) is 10.8. The maximum Gasteiger partial charge on any atom is 0.136 e. The maximum absolute atomic E-state index is 7.84. The third-order valence-electron chi connectivity index (χ3n) is 6.42. The van der Waals surface area contributed by atoms with Gasteiger partial charge in [-0.15, -0.1) is 0 Å². The molecule has 5 rings (SSSR count). The van der Waals surface area contributed by atoms with Gasteiger partial charge < -0.3 is 21.4 Å². The first kappa shape index (κ1) is 21.1. The van der Waals surface area contributed by atoms with Crippen LogP contribution in [0.1, 0.15) is 39.9 Å². The molecular weight excluding hydrogens is 432 g/mol. The molecule has 0 amide bonds. The second kappa shape index (κ2) is 7.98. The van der Waals surface area contributed by atoms with E-state index in [-0.39, 0.29) is 11.7 Å². The molecule has 33 heavy (non-hydrogen) atoms. The molecule has 0 radical (unpaired) electrons. The van der Waals surface area contributed by atoms with Crippen molar-refractivity contribution in [3.05, 3.63) is 94.1 Å². The van der Waals surface area contributed by atoms with Gasteiger partial charge in [0, 0.05) is 45.2 Å². The summed E-state index contributed by atoms with van der Waals surface area (Å²) in [5.41, 5.74) is 20.6. The molecule has 2 aliphatic rings. The van der Waals surface area contributed by atoms with Crippen LogP contribution in [0.15, 0.2) is 55.4 Å². The van der Waals surface area contributed by atoms with Crippen LogP contribution in [-0.2, 0) is 19.4 Å². The highest BCUT2D eigenvalue weighted by atomic mass is 35.5. The molecular formula is C26H25ClN6. The van der Waals surface area contributed by atoms with Crippen molar-refractivity contribution in [2.24, 2.45) is 5.73 Å². The summed E-state index contributed by atoms with van der Waals surface area (Å²) in [5, 5.41) is 12.5. The standard InChI is InChI=1S/C26H25ClN6/c1-3-21-23(18-8-5-9-31-14(18)2)19-10-15-6-4-7-16(15)12-22(19)33(21)13-17-11-20(25(28)29)26(30)32-24(17)27/h3,5,8-12,31H,1-2,4,6-7,13H2,(H3,28,29)(H2,30,32). The number of aryl methyl sites for hydroxylation is 2. The lowest BCUT2D eigenvalue weighted by atomic mass is 9.96. The van der Waals surface area contributed by atoms with Crippen molar-refractivity contribution in [3.63, 3.8) is 0 Å². The number of halogens is 1. The molecule has 2 aromatic heterocycles.